The molecule has 5 nitrogen and oxygen atoms in total. The molecule has 0 aliphatic carbocycles. The van der Waals surface area contributed by atoms with Crippen molar-refractivity contribution in [1.29, 1.82) is 0 Å². The minimum absolute atomic E-state index is 0.339. The Balaban J connectivity index is 2.02. The van der Waals surface area contributed by atoms with E-state index in [2.05, 4.69) is 10.3 Å². The van der Waals surface area contributed by atoms with Gasteiger partial charge in [0.15, 0.2) is 0 Å². The number of pyridine rings is 1. The number of aryl methyl sites for hydroxylation is 1. The Kier molecular flexibility index (Phi) is 4.97. The summed E-state index contributed by atoms with van der Waals surface area (Å²) in [5.74, 6) is -0.166. The summed E-state index contributed by atoms with van der Waals surface area (Å²) in [5, 5.41) is 2.86. The average molecular weight is 341 g/mol. The van der Waals surface area contributed by atoms with Crippen LogP contribution in [0.4, 0.5) is 10.1 Å². The molecule has 130 valence electrons. The van der Waals surface area contributed by atoms with Crippen LogP contribution in [0.25, 0.3) is 5.65 Å². The fourth-order valence-corrected chi connectivity index (χ4v) is 2.75. The molecule has 0 spiro atoms. The number of hydrogen-bond donors (Lipinski definition) is 1. The minimum Gasteiger partial charge on any atom is -0.492 e. The van der Waals surface area contributed by atoms with Crippen molar-refractivity contribution in [3.05, 3.63) is 59.8 Å². The van der Waals surface area contributed by atoms with Gasteiger partial charge in [-0.05, 0) is 37.6 Å². The lowest BCUT2D eigenvalue weighted by Gasteiger charge is -2.12. The van der Waals surface area contributed by atoms with Gasteiger partial charge in [0, 0.05) is 6.20 Å². The summed E-state index contributed by atoms with van der Waals surface area (Å²) in [6.07, 6.45) is 2.76. The Bertz CT molecular complexity index is 905. The van der Waals surface area contributed by atoms with Crippen LogP contribution >= 0.6 is 0 Å². The largest absolute Gasteiger partial charge is 0.492 e. The first-order chi connectivity index (χ1) is 12.1. The van der Waals surface area contributed by atoms with Gasteiger partial charge in [-0.2, -0.15) is 0 Å². The predicted molar refractivity (Wildman–Crippen MR) is 94.7 cm³/mol. The standard InChI is InChI=1S/C19H20FN3O2/c1-3-7-15-18(23-12-13(20)10-11-17(23)21-15)19(24)22-14-8-5-6-9-16(14)25-4-2/h5-6,8-12H,3-4,7H2,1-2H3,(H,22,24). The predicted octanol–water partition coefficient (Wildman–Crippen LogP) is 4.08. The maximum absolute atomic E-state index is 13.7. The topological polar surface area (TPSA) is 55.6 Å². The molecule has 3 aromatic rings. The zero-order valence-corrected chi connectivity index (χ0v) is 14.3. The average Bonchev–Trinajstić information content (AvgIpc) is 2.94. The van der Waals surface area contributed by atoms with Crippen LogP contribution in [-0.4, -0.2) is 21.9 Å². The van der Waals surface area contributed by atoms with E-state index in [0.29, 0.717) is 41.5 Å². The molecule has 0 atom stereocenters. The summed E-state index contributed by atoms with van der Waals surface area (Å²) >= 11 is 0. The van der Waals surface area contributed by atoms with E-state index in [1.807, 2.05) is 26.0 Å². The van der Waals surface area contributed by atoms with Gasteiger partial charge in [0.2, 0.25) is 0 Å². The van der Waals surface area contributed by atoms with E-state index in [1.165, 1.54) is 16.7 Å². The molecular formula is C19H20FN3O2. The molecule has 2 heterocycles. The molecular weight excluding hydrogens is 321 g/mol. The smallest absolute Gasteiger partial charge is 0.274 e. The highest BCUT2D eigenvalue weighted by Crippen LogP contribution is 2.25. The third kappa shape index (κ3) is 3.47. The van der Waals surface area contributed by atoms with Gasteiger partial charge in [-0.25, -0.2) is 9.37 Å². The molecule has 0 radical (unpaired) electrons. The number of imidazole rings is 1. The lowest BCUT2D eigenvalue weighted by Crippen LogP contribution is -2.17. The molecule has 0 aliphatic heterocycles. The first-order valence-electron chi connectivity index (χ1n) is 8.33. The number of benzene rings is 1. The van der Waals surface area contributed by atoms with Crippen molar-refractivity contribution in [2.24, 2.45) is 0 Å². The molecule has 1 N–H and O–H groups in total. The van der Waals surface area contributed by atoms with Crippen LogP contribution in [0.1, 0.15) is 36.5 Å². The second kappa shape index (κ2) is 7.34. The maximum atomic E-state index is 13.7. The van der Waals surface area contributed by atoms with Crippen molar-refractivity contribution < 1.29 is 13.9 Å². The number of carbonyl (C=O) groups excluding carboxylic acids is 1. The summed E-state index contributed by atoms with van der Waals surface area (Å²) in [7, 11) is 0. The number of amides is 1. The van der Waals surface area contributed by atoms with E-state index in [9.17, 15) is 9.18 Å². The number of hydrogen-bond acceptors (Lipinski definition) is 3. The molecule has 0 aliphatic rings. The molecule has 0 bridgehead atoms. The second-order valence-electron chi connectivity index (χ2n) is 5.62. The molecule has 3 rings (SSSR count). The Labute approximate surface area is 145 Å². The number of nitrogens with one attached hydrogen (secondary N) is 1. The highest BCUT2D eigenvalue weighted by atomic mass is 19.1. The van der Waals surface area contributed by atoms with E-state index < -0.39 is 5.82 Å². The van der Waals surface area contributed by atoms with Gasteiger partial charge < -0.3 is 10.1 Å². The van der Waals surface area contributed by atoms with Crippen LogP contribution in [0.5, 0.6) is 5.75 Å². The number of para-hydroxylation sites is 2. The van der Waals surface area contributed by atoms with Crippen molar-refractivity contribution in [1.82, 2.24) is 9.38 Å². The van der Waals surface area contributed by atoms with Gasteiger partial charge in [0.25, 0.3) is 5.91 Å². The normalized spacial score (nSPS) is 10.8. The highest BCUT2D eigenvalue weighted by molar-refractivity contribution is 6.05. The lowest BCUT2D eigenvalue weighted by atomic mass is 10.2. The molecule has 0 fully saturated rings. The van der Waals surface area contributed by atoms with Gasteiger partial charge in [-0.15, -0.1) is 0 Å². The quantitative estimate of drug-likeness (QED) is 0.735. The first-order valence-corrected chi connectivity index (χ1v) is 8.33. The van der Waals surface area contributed by atoms with Crippen LogP contribution in [0.3, 0.4) is 0 Å². The first kappa shape index (κ1) is 17.0. The summed E-state index contributed by atoms with van der Waals surface area (Å²) < 4.78 is 20.7. The Morgan fingerprint density at radius 2 is 2.04 bits per heavy atom. The Hall–Kier alpha value is -2.89. The molecule has 0 saturated heterocycles. The van der Waals surface area contributed by atoms with Gasteiger partial charge >= 0.3 is 0 Å². The van der Waals surface area contributed by atoms with E-state index in [-0.39, 0.29) is 5.91 Å². The van der Waals surface area contributed by atoms with Crippen molar-refractivity contribution in [3.63, 3.8) is 0 Å². The fourth-order valence-electron chi connectivity index (χ4n) is 2.75. The number of aromatic nitrogens is 2. The molecule has 2 aromatic heterocycles. The fraction of sp³-hybridized carbons (Fsp3) is 0.263. The summed E-state index contributed by atoms with van der Waals surface area (Å²) in [4.78, 5) is 17.4. The summed E-state index contributed by atoms with van der Waals surface area (Å²) in [6, 6.07) is 10.1. The monoisotopic (exact) mass is 341 g/mol. The number of ether oxygens (including phenoxy) is 1. The zero-order valence-electron chi connectivity index (χ0n) is 14.3. The zero-order chi connectivity index (χ0) is 17.8. The van der Waals surface area contributed by atoms with E-state index in [1.54, 1.807) is 18.2 Å². The Morgan fingerprint density at radius 3 is 2.80 bits per heavy atom. The van der Waals surface area contributed by atoms with Gasteiger partial charge in [0.1, 0.15) is 22.9 Å². The molecule has 6 heteroatoms. The SMILES string of the molecule is CCCc1nc2ccc(F)cn2c1C(=O)Nc1ccccc1OCC. The Morgan fingerprint density at radius 1 is 1.24 bits per heavy atom. The highest BCUT2D eigenvalue weighted by Gasteiger charge is 2.20. The third-order valence-electron chi connectivity index (χ3n) is 3.79. The molecule has 1 amide bonds. The van der Waals surface area contributed by atoms with E-state index in [4.69, 9.17) is 4.74 Å². The van der Waals surface area contributed by atoms with E-state index in [0.717, 1.165) is 6.42 Å². The number of carbonyl (C=O) groups is 1. The van der Waals surface area contributed by atoms with Crippen LogP contribution < -0.4 is 10.1 Å². The van der Waals surface area contributed by atoms with Crippen molar-refractivity contribution in [2.45, 2.75) is 26.7 Å². The number of halogens is 1. The molecule has 1 aromatic carbocycles. The molecule has 25 heavy (non-hydrogen) atoms. The minimum atomic E-state index is -0.420. The summed E-state index contributed by atoms with van der Waals surface area (Å²) in [5.41, 5.74) is 2.12. The van der Waals surface area contributed by atoms with Crippen LogP contribution in [-0.2, 0) is 6.42 Å². The van der Waals surface area contributed by atoms with Crippen molar-refractivity contribution in [2.75, 3.05) is 11.9 Å². The summed E-state index contributed by atoms with van der Waals surface area (Å²) in [6.45, 7) is 4.39. The van der Waals surface area contributed by atoms with Crippen molar-refractivity contribution in [3.8, 4) is 5.75 Å². The van der Waals surface area contributed by atoms with Crippen LogP contribution in [0.15, 0.2) is 42.6 Å². The molecule has 0 saturated carbocycles. The third-order valence-corrected chi connectivity index (χ3v) is 3.79. The number of rotatable bonds is 6. The van der Waals surface area contributed by atoms with Gasteiger partial charge in [0.05, 0.1) is 18.0 Å². The van der Waals surface area contributed by atoms with Crippen molar-refractivity contribution >= 4 is 17.2 Å². The van der Waals surface area contributed by atoms with Crippen LogP contribution in [0.2, 0.25) is 0 Å². The van der Waals surface area contributed by atoms with Gasteiger partial charge in [-0.1, -0.05) is 25.5 Å². The lowest BCUT2D eigenvalue weighted by molar-refractivity contribution is 0.102. The maximum Gasteiger partial charge on any atom is 0.274 e. The van der Waals surface area contributed by atoms with Gasteiger partial charge in [-0.3, -0.25) is 9.20 Å². The number of nitrogens with zero attached hydrogens (tertiary/aromatic N) is 2. The number of anilines is 1. The molecule has 0 unspecified atom stereocenters. The second-order valence-corrected chi connectivity index (χ2v) is 5.62. The van der Waals surface area contributed by atoms with Crippen LogP contribution in [0, 0.1) is 5.82 Å². The number of fused-ring (bicyclic) bond motifs is 1. The van der Waals surface area contributed by atoms with E-state index >= 15 is 0 Å².